The van der Waals surface area contributed by atoms with Crippen LogP contribution in [0.5, 0.6) is 0 Å². The molecule has 0 spiro atoms. The van der Waals surface area contributed by atoms with Crippen LogP contribution in [0.1, 0.15) is 10.4 Å². The van der Waals surface area contributed by atoms with E-state index >= 15 is 0 Å². The number of nitro groups is 1. The van der Waals surface area contributed by atoms with Gasteiger partial charge in [-0.3, -0.25) is 10.1 Å². The molecule has 16 heavy (non-hydrogen) atoms. The number of benzene rings is 1. The highest BCUT2D eigenvalue weighted by atomic mass is 35.5. The van der Waals surface area contributed by atoms with E-state index in [0.717, 1.165) is 12.1 Å². The first-order chi connectivity index (χ1) is 7.34. The first-order valence-corrected chi connectivity index (χ1v) is 5.15. The van der Waals surface area contributed by atoms with E-state index in [1.54, 1.807) is 0 Å². The molecule has 1 unspecified atom stereocenters. The van der Waals surface area contributed by atoms with Crippen LogP contribution >= 0.6 is 11.6 Å². The second kappa shape index (κ2) is 4.56. The van der Waals surface area contributed by atoms with Crippen LogP contribution in [0, 0.1) is 10.1 Å². The number of halogens is 1. The van der Waals surface area contributed by atoms with Gasteiger partial charge in [0.05, 0.1) is 15.4 Å². The SMILES string of the molecule is O=C(O)c1cc([N+](=O)[O-])c(Cl)c(S(=O)O)c1. The maximum Gasteiger partial charge on any atom is 0.335 e. The van der Waals surface area contributed by atoms with Crippen LogP contribution in [0.25, 0.3) is 0 Å². The molecule has 1 atom stereocenters. The Bertz CT molecular complexity index is 467. The third-order valence-electron chi connectivity index (χ3n) is 1.65. The van der Waals surface area contributed by atoms with Crippen molar-refractivity contribution in [2.24, 2.45) is 0 Å². The molecule has 86 valence electrons. The molecule has 0 heterocycles. The fraction of sp³-hybridized carbons (Fsp3) is 0. The zero-order valence-corrected chi connectivity index (χ0v) is 8.99. The Morgan fingerprint density at radius 3 is 2.44 bits per heavy atom. The lowest BCUT2D eigenvalue weighted by Gasteiger charge is -2.02. The molecule has 0 saturated heterocycles. The molecule has 0 aliphatic rings. The highest BCUT2D eigenvalue weighted by molar-refractivity contribution is 7.79. The van der Waals surface area contributed by atoms with Gasteiger partial charge in [0, 0.05) is 6.07 Å². The number of hydrogen-bond donors (Lipinski definition) is 2. The van der Waals surface area contributed by atoms with E-state index in [9.17, 15) is 19.1 Å². The second-order valence-electron chi connectivity index (χ2n) is 2.62. The summed E-state index contributed by atoms with van der Waals surface area (Å²) in [7, 11) is 0. The van der Waals surface area contributed by atoms with E-state index in [2.05, 4.69) is 0 Å². The predicted octanol–water partition coefficient (Wildman–Crippen LogP) is 1.53. The van der Waals surface area contributed by atoms with Gasteiger partial charge in [0.25, 0.3) is 5.69 Å². The van der Waals surface area contributed by atoms with E-state index in [1.165, 1.54) is 0 Å². The summed E-state index contributed by atoms with van der Waals surface area (Å²) < 4.78 is 19.6. The Balaban J connectivity index is 3.57. The van der Waals surface area contributed by atoms with Gasteiger partial charge in [-0.25, -0.2) is 9.00 Å². The van der Waals surface area contributed by atoms with Gasteiger partial charge in [-0.2, -0.15) is 0 Å². The summed E-state index contributed by atoms with van der Waals surface area (Å²) in [4.78, 5) is 19.7. The number of carboxylic acids is 1. The lowest BCUT2D eigenvalue weighted by atomic mass is 10.2. The number of nitrogens with zero attached hydrogens (tertiary/aromatic N) is 1. The van der Waals surface area contributed by atoms with E-state index in [1.807, 2.05) is 0 Å². The molecule has 7 nitrogen and oxygen atoms in total. The summed E-state index contributed by atoms with van der Waals surface area (Å²) in [5.41, 5.74) is -1.20. The lowest BCUT2D eigenvalue weighted by molar-refractivity contribution is -0.384. The van der Waals surface area contributed by atoms with E-state index in [0.29, 0.717) is 0 Å². The number of nitro benzene ring substituents is 1. The van der Waals surface area contributed by atoms with Crippen molar-refractivity contribution in [3.05, 3.63) is 32.8 Å². The van der Waals surface area contributed by atoms with Gasteiger partial charge in [-0.15, -0.1) is 0 Å². The summed E-state index contributed by atoms with van der Waals surface area (Å²) >= 11 is 2.89. The van der Waals surface area contributed by atoms with Crippen LogP contribution in [0.15, 0.2) is 17.0 Å². The van der Waals surface area contributed by atoms with Crippen LogP contribution in [0.4, 0.5) is 5.69 Å². The van der Waals surface area contributed by atoms with Crippen LogP contribution in [-0.2, 0) is 11.1 Å². The van der Waals surface area contributed by atoms with Gasteiger partial charge in [-0.1, -0.05) is 11.6 Å². The first kappa shape index (κ1) is 12.6. The molecule has 0 amide bonds. The molecule has 9 heteroatoms. The molecular formula is C7H4ClNO6S. The zero-order chi connectivity index (χ0) is 12.5. The monoisotopic (exact) mass is 265 g/mol. The third kappa shape index (κ3) is 2.35. The molecule has 0 aliphatic heterocycles. The van der Waals surface area contributed by atoms with Crippen molar-refractivity contribution in [1.29, 1.82) is 0 Å². The number of aromatic carboxylic acids is 1. The molecule has 0 fully saturated rings. The first-order valence-electron chi connectivity index (χ1n) is 3.66. The Morgan fingerprint density at radius 1 is 1.50 bits per heavy atom. The molecule has 1 aromatic carbocycles. The van der Waals surface area contributed by atoms with Crippen molar-refractivity contribution in [2.45, 2.75) is 4.90 Å². The average Bonchev–Trinajstić information content (AvgIpc) is 2.16. The number of carbonyl (C=O) groups is 1. The highest BCUT2D eigenvalue weighted by Crippen LogP contribution is 2.31. The van der Waals surface area contributed by atoms with Gasteiger partial charge < -0.3 is 9.66 Å². The van der Waals surface area contributed by atoms with E-state index < -0.39 is 43.1 Å². The fourth-order valence-corrected chi connectivity index (χ4v) is 1.83. The van der Waals surface area contributed by atoms with Crippen molar-refractivity contribution in [3.63, 3.8) is 0 Å². The lowest BCUT2D eigenvalue weighted by Crippen LogP contribution is -2.02. The molecule has 0 aromatic heterocycles. The minimum atomic E-state index is -2.59. The number of rotatable bonds is 3. The molecule has 1 rings (SSSR count). The molecular weight excluding hydrogens is 262 g/mol. The van der Waals surface area contributed by atoms with Gasteiger partial charge in [-0.05, 0) is 6.07 Å². The van der Waals surface area contributed by atoms with Gasteiger partial charge >= 0.3 is 5.97 Å². The fourth-order valence-electron chi connectivity index (χ4n) is 0.967. The van der Waals surface area contributed by atoms with Crippen LogP contribution < -0.4 is 0 Å². The van der Waals surface area contributed by atoms with Crippen molar-refractivity contribution >= 4 is 34.3 Å². The molecule has 0 radical (unpaired) electrons. The predicted molar refractivity (Wildman–Crippen MR) is 54.1 cm³/mol. The molecule has 0 aliphatic carbocycles. The topological polar surface area (TPSA) is 118 Å². The minimum absolute atomic E-state index is 0.478. The molecule has 0 bridgehead atoms. The summed E-state index contributed by atoms with van der Waals surface area (Å²) in [6, 6.07) is 1.54. The maximum absolute atomic E-state index is 10.8. The standard InChI is InChI=1S/C7H4ClNO6S/c8-6-4(9(12)13)1-3(7(10)11)2-5(6)16(14)15/h1-2H,(H,10,11)(H,14,15). The van der Waals surface area contributed by atoms with E-state index in [4.69, 9.17) is 21.3 Å². The largest absolute Gasteiger partial charge is 0.478 e. The van der Waals surface area contributed by atoms with Crippen molar-refractivity contribution < 1.29 is 23.6 Å². The molecule has 1 aromatic rings. The zero-order valence-electron chi connectivity index (χ0n) is 7.42. The Morgan fingerprint density at radius 2 is 2.06 bits per heavy atom. The third-order valence-corrected chi connectivity index (χ3v) is 2.86. The van der Waals surface area contributed by atoms with Gasteiger partial charge in [0.2, 0.25) is 0 Å². The number of carboxylic acid groups (broad SMARTS) is 1. The highest BCUT2D eigenvalue weighted by Gasteiger charge is 2.23. The van der Waals surface area contributed by atoms with Crippen molar-refractivity contribution in [1.82, 2.24) is 0 Å². The minimum Gasteiger partial charge on any atom is -0.478 e. The quantitative estimate of drug-likeness (QED) is 0.486. The van der Waals surface area contributed by atoms with Crippen molar-refractivity contribution in [2.75, 3.05) is 0 Å². The Labute approximate surface area is 96.1 Å². The summed E-state index contributed by atoms with van der Waals surface area (Å²) in [6.07, 6.45) is 0. The van der Waals surface area contributed by atoms with Crippen LogP contribution in [-0.4, -0.2) is 24.8 Å². The van der Waals surface area contributed by atoms with Gasteiger partial charge in [0.15, 0.2) is 11.1 Å². The Hall–Kier alpha value is -1.51. The second-order valence-corrected chi connectivity index (χ2v) is 3.94. The van der Waals surface area contributed by atoms with Crippen molar-refractivity contribution in [3.8, 4) is 0 Å². The van der Waals surface area contributed by atoms with E-state index in [-0.39, 0.29) is 0 Å². The Kier molecular flexibility index (Phi) is 3.58. The van der Waals surface area contributed by atoms with Gasteiger partial charge in [0.1, 0.15) is 5.02 Å². The molecule has 2 N–H and O–H groups in total. The molecule has 0 saturated carbocycles. The number of hydrogen-bond acceptors (Lipinski definition) is 4. The summed E-state index contributed by atoms with van der Waals surface area (Å²) in [5, 5.41) is 18.6. The smallest absolute Gasteiger partial charge is 0.335 e. The summed E-state index contributed by atoms with van der Waals surface area (Å²) in [6.45, 7) is 0. The van der Waals surface area contributed by atoms with Crippen LogP contribution in [0.3, 0.4) is 0 Å². The van der Waals surface area contributed by atoms with Crippen LogP contribution in [0.2, 0.25) is 5.02 Å². The average molecular weight is 266 g/mol. The normalized spacial score (nSPS) is 12.1. The maximum atomic E-state index is 10.8. The summed E-state index contributed by atoms with van der Waals surface area (Å²) in [5.74, 6) is -1.45.